The van der Waals surface area contributed by atoms with Crippen LogP contribution in [0.25, 0.3) is 0 Å². The second-order valence-electron chi connectivity index (χ2n) is 7.01. The highest BCUT2D eigenvalue weighted by Crippen LogP contribution is 2.22. The van der Waals surface area contributed by atoms with Crippen molar-refractivity contribution in [2.24, 2.45) is 0 Å². The summed E-state index contributed by atoms with van der Waals surface area (Å²) in [6.07, 6.45) is 1.78. The number of carbonyl (C=O) groups excluding carboxylic acids is 2. The summed E-state index contributed by atoms with van der Waals surface area (Å²) in [5.41, 5.74) is 3.75. The molecule has 1 atom stereocenters. The van der Waals surface area contributed by atoms with Crippen LogP contribution in [0.1, 0.15) is 18.1 Å². The van der Waals surface area contributed by atoms with Gasteiger partial charge in [-0.3, -0.25) is 9.59 Å². The third kappa shape index (κ3) is 7.77. The molecule has 2 aromatic carbocycles. The van der Waals surface area contributed by atoms with Gasteiger partial charge in [0.1, 0.15) is 0 Å². The molecule has 2 amide bonds. The van der Waals surface area contributed by atoms with Crippen molar-refractivity contribution in [3.8, 4) is 0 Å². The number of aryl methyl sites for hydroxylation is 1. The third-order valence-corrected chi connectivity index (χ3v) is 6.55. The van der Waals surface area contributed by atoms with E-state index in [2.05, 4.69) is 15.6 Å². The molecule has 31 heavy (non-hydrogen) atoms. The lowest BCUT2D eigenvalue weighted by Gasteiger charge is -2.13. The summed E-state index contributed by atoms with van der Waals surface area (Å²) in [4.78, 5) is 29.0. The Labute approximate surface area is 191 Å². The van der Waals surface area contributed by atoms with Crippen LogP contribution in [0.3, 0.4) is 0 Å². The molecule has 7 heteroatoms. The van der Waals surface area contributed by atoms with Gasteiger partial charge >= 0.3 is 0 Å². The van der Waals surface area contributed by atoms with Gasteiger partial charge in [-0.15, -0.1) is 23.5 Å². The summed E-state index contributed by atoms with van der Waals surface area (Å²) in [5.74, 6) is 0.734. The van der Waals surface area contributed by atoms with Gasteiger partial charge in [0.2, 0.25) is 11.8 Å². The number of amides is 2. The molecule has 1 heterocycles. The summed E-state index contributed by atoms with van der Waals surface area (Å²) >= 11 is 2.96. The summed E-state index contributed by atoms with van der Waals surface area (Å²) in [6.45, 7) is 3.80. The SMILES string of the molecule is Cc1ccc(NC(=O)CSC(C)C(=O)Nc2cccc(CSc3ccccn3)c2)cc1. The predicted octanol–water partition coefficient (Wildman–Crippen LogP) is 5.38. The number of pyridine rings is 1. The number of hydrogen-bond acceptors (Lipinski definition) is 5. The minimum atomic E-state index is -0.352. The molecule has 0 fully saturated rings. The van der Waals surface area contributed by atoms with Crippen LogP contribution in [0.15, 0.2) is 78.0 Å². The highest BCUT2D eigenvalue weighted by atomic mass is 32.2. The van der Waals surface area contributed by atoms with E-state index in [-0.39, 0.29) is 22.8 Å². The average Bonchev–Trinajstić information content (AvgIpc) is 2.78. The van der Waals surface area contributed by atoms with Gasteiger partial charge in [-0.1, -0.05) is 35.9 Å². The quantitative estimate of drug-likeness (QED) is 0.427. The largest absolute Gasteiger partial charge is 0.325 e. The lowest BCUT2D eigenvalue weighted by Crippen LogP contribution is -2.25. The number of hydrogen-bond donors (Lipinski definition) is 2. The number of benzene rings is 2. The minimum absolute atomic E-state index is 0.123. The Bertz CT molecular complexity index is 1010. The van der Waals surface area contributed by atoms with E-state index in [1.165, 1.54) is 11.8 Å². The fourth-order valence-electron chi connectivity index (χ4n) is 2.68. The van der Waals surface area contributed by atoms with Gasteiger partial charge in [-0.05, 0) is 55.8 Å². The van der Waals surface area contributed by atoms with E-state index in [0.29, 0.717) is 0 Å². The fourth-order valence-corrected chi connectivity index (χ4v) is 4.17. The first-order chi connectivity index (χ1) is 15.0. The Balaban J connectivity index is 1.45. The zero-order chi connectivity index (χ0) is 22.1. The maximum Gasteiger partial charge on any atom is 0.237 e. The number of thioether (sulfide) groups is 2. The van der Waals surface area contributed by atoms with Crippen LogP contribution in [-0.2, 0) is 15.3 Å². The first-order valence-electron chi connectivity index (χ1n) is 9.91. The normalized spacial score (nSPS) is 11.5. The van der Waals surface area contributed by atoms with Crippen molar-refractivity contribution in [3.63, 3.8) is 0 Å². The van der Waals surface area contributed by atoms with E-state index in [4.69, 9.17) is 0 Å². The molecule has 0 spiro atoms. The van der Waals surface area contributed by atoms with E-state index in [1.807, 2.05) is 73.7 Å². The Morgan fingerprint density at radius 2 is 1.77 bits per heavy atom. The van der Waals surface area contributed by atoms with Crippen molar-refractivity contribution in [2.75, 3.05) is 16.4 Å². The van der Waals surface area contributed by atoms with Crippen LogP contribution in [0, 0.1) is 6.92 Å². The van der Waals surface area contributed by atoms with Crippen LogP contribution in [-0.4, -0.2) is 27.8 Å². The molecule has 0 bridgehead atoms. The van der Waals surface area contributed by atoms with Crippen LogP contribution < -0.4 is 10.6 Å². The summed E-state index contributed by atoms with van der Waals surface area (Å²) in [5, 5.41) is 6.40. The van der Waals surface area contributed by atoms with Gasteiger partial charge in [0.15, 0.2) is 0 Å². The van der Waals surface area contributed by atoms with E-state index in [0.717, 1.165) is 33.3 Å². The fraction of sp³-hybridized carbons (Fsp3) is 0.208. The average molecular weight is 452 g/mol. The molecule has 0 saturated carbocycles. The molecule has 1 unspecified atom stereocenters. The number of nitrogens with one attached hydrogen (secondary N) is 2. The molecule has 0 aliphatic heterocycles. The third-order valence-electron chi connectivity index (χ3n) is 4.39. The predicted molar refractivity (Wildman–Crippen MR) is 131 cm³/mol. The molecule has 160 valence electrons. The van der Waals surface area contributed by atoms with Crippen molar-refractivity contribution >= 4 is 46.7 Å². The standard InChI is InChI=1S/C24H25N3O2S2/c1-17-9-11-20(12-10-17)26-22(28)16-30-18(2)24(29)27-21-7-5-6-19(14-21)15-31-23-8-3-4-13-25-23/h3-14,18H,15-16H2,1-2H3,(H,26,28)(H,27,29). The number of nitrogens with zero attached hydrogens (tertiary/aromatic N) is 1. The van der Waals surface area contributed by atoms with E-state index in [1.54, 1.807) is 24.9 Å². The van der Waals surface area contributed by atoms with Crippen molar-refractivity contribution in [1.29, 1.82) is 0 Å². The Morgan fingerprint density at radius 1 is 0.968 bits per heavy atom. The van der Waals surface area contributed by atoms with Crippen molar-refractivity contribution in [3.05, 3.63) is 84.1 Å². The second-order valence-corrected chi connectivity index (χ2v) is 9.34. The molecule has 2 N–H and O–H groups in total. The lowest BCUT2D eigenvalue weighted by molar-refractivity contribution is -0.115. The molecule has 0 saturated heterocycles. The first-order valence-corrected chi connectivity index (χ1v) is 11.9. The topological polar surface area (TPSA) is 71.1 Å². The van der Waals surface area contributed by atoms with E-state index >= 15 is 0 Å². The number of anilines is 2. The Hall–Kier alpha value is -2.77. The van der Waals surface area contributed by atoms with Crippen LogP contribution in [0.2, 0.25) is 0 Å². The number of rotatable bonds is 9. The maximum absolute atomic E-state index is 12.5. The van der Waals surface area contributed by atoms with Gasteiger partial charge < -0.3 is 10.6 Å². The van der Waals surface area contributed by atoms with Gasteiger partial charge in [0, 0.05) is 23.3 Å². The summed E-state index contributed by atoms with van der Waals surface area (Å²) in [6, 6.07) is 21.3. The highest BCUT2D eigenvalue weighted by molar-refractivity contribution is 8.01. The molecule has 1 aromatic heterocycles. The Morgan fingerprint density at radius 3 is 2.52 bits per heavy atom. The van der Waals surface area contributed by atoms with Crippen LogP contribution in [0.4, 0.5) is 11.4 Å². The molecule has 3 aromatic rings. The summed E-state index contributed by atoms with van der Waals surface area (Å²) < 4.78 is 0. The monoisotopic (exact) mass is 451 g/mol. The highest BCUT2D eigenvalue weighted by Gasteiger charge is 2.16. The molecule has 3 rings (SSSR count). The molecule has 0 aliphatic rings. The molecule has 5 nitrogen and oxygen atoms in total. The zero-order valence-electron chi connectivity index (χ0n) is 17.5. The van der Waals surface area contributed by atoms with Crippen LogP contribution in [0.5, 0.6) is 0 Å². The summed E-state index contributed by atoms with van der Waals surface area (Å²) in [7, 11) is 0. The van der Waals surface area contributed by atoms with Crippen molar-refractivity contribution < 1.29 is 9.59 Å². The van der Waals surface area contributed by atoms with Gasteiger partial charge in [0.25, 0.3) is 0 Å². The van der Waals surface area contributed by atoms with Crippen molar-refractivity contribution in [1.82, 2.24) is 4.98 Å². The second kappa shape index (κ2) is 11.6. The van der Waals surface area contributed by atoms with Crippen LogP contribution >= 0.6 is 23.5 Å². The molecular formula is C24H25N3O2S2. The number of aromatic nitrogens is 1. The van der Waals surface area contributed by atoms with Gasteiger partial charge in [-0.2, -0.15) is 0 Å². The first kappa shape index (κ1) is 22.9. The molecule has 0 aliphatic carbocycles. The van der Waals surface area contributed by atoms with E-state index in [9.17, 15) is 9.59 Å². The molecular weight excluding hydrogens is 426 g/mol. The van der Waals surface area contributed by atoms with Gasteiger partial charge in [0.05, 0.1) is 16.0 Å². The van der Waals surface area contributed by atoms with Crippen molar-refractivity contribution in [2.45, 2.75) is 29.9 Å². The van der Waals surface area contributed by atoms with E-state index < -0.39 is 0 Å². The number of carbonyl (C=O) groups is 2. The minimum Gasteiger partial charge on any atom is -0.325 e. The smallest absolute Gasteiger partial charge is 0.237 e. The lowest BCUT2D eigenvalue weighted by atomic mass is 10.2. The molecule has 0 radical (unpaired) electrons. The Kier molecular flexibility index (Phi) is 8.55. The maximum atomic E-state index is 12.5. The van der Waals surface area contributed by atoms with Gasteiger partial charge in [-0.25, -0.2) is 4.98 Å². The zero-order valence-corrected chi connectivity index (χ0v) is 19.1.